The first-order chi connectivity index (χ1) is 14.2. The molecule has 1 saturated heterocycles. The van der Waals surface area contributed by atoms with Crippen LogP contribution < -0.4 is 5.32 Å². The monoisotopic (exact) mass is 384 g/mol. The lowest BCUT2D eigenvalue weighted by Crippen LogP contribution is -2.45. The standard InChI is InChI=1S/C25H28N4/c1-4-8-19(9-5-2)18-29-14-12-25(13-15-29)16-20-17-27-24(26-3)28-23(20)21-10-6-7-11-22(21)25/h1,5-11,17H,12-16,18H2,2-3H3,(H,26,27,28)/b9-5-,19-8+. The topological polar surface area (TPSA) is 41.1 Å². The minimum atomic E-state index is 0.168. The summed E-state index contributed by atoms with van der Waals surface area (Å²) in [6.07, 6.45) is 16.9. The number of terminal acetylenes is 1. The Morgan fingerprint density at radius 1 is 1.31 bits per heavy atom. The van der Waals surface area contributed by atoms with Gasteiger partial charge in [0.1, 0.15) is 0 Å². The molecule has 4 nitrogen and oxygen atoms in total. The minimum absolute atomic E-state index is 0.168. The van der Waals surface area contributed by atoms with Gasteiger partial charge in [0.15, 0.2) is 0 Å². The molecule has 1 aliphatic carbocycles. The maximum atomic E-state index is 5.50. The first kappa shape index (κ1) is 19.4. The maximum Gasteiger partial charge on any atom is 0.222 e. The third-order valence-electron chi connectivity index (χ3n) is 6.24. The third-order valence-corrected chi connectivity index (χ3v) is 6.24. The number of allylic oxidation sites excluding steroid dienone is 2. The van der Waals surface area contributed by atoms with Gasteiger partial charge in [-0.3, -0.25) is 4.90 Å². The number of likely N-dealkylation sites (tertiary alicyclic amines) is 1. The Kier molecular flexibility index (Phi) is 5.51. The molecule has 0 bridgehead atoms. The van der Waals surface area contributed by atoms with E-state index in [2.05, 4.69) is 57.5 Å². The van der Waals surface area contributed by atoms with Gasteiger partial charge in [0.2, 0.25) is 5.95 Å². The molecule has 1 aromatic carbocycles. The molecular formula is C25H28N4. The van der Waals surface area contributed by atoms with E-state index in [0.29, 0.717) is 5.95 Å². The van der Waals surface area contributed by atoms with Crippen LogP contribution >= 0.6 is 0 Å². The van der Waals surface area contributed by atoms with Gasteiger partial charge in [0, 0.05) is 30.8 Å². The lowest BCUT2D eigenvalue weighted by molar-refractivity contribution is 0.168. The highest BCUT2D eigenvalue weighted by Crippen LogP contribution is 2.47. The molecule has 0 radical (unpaired) electrons. The molecule has 148 valence electrons. The van der Waals surface area contributed by atoms with Crippen molar-refractivity contribution >= 4 is 5.95 Å². The van der Waals surface area contributed by atoms with Crippen LogP contribution in [0.15, 0.2) is 54.3 Å². The average molecular weight is 385 g/mol. The predicted octanol–water partition coefficient (Wildman–Crippen LogP) is 4.21. The Morgan fingerprint density at radius 2 is 2.10 bits per heavy atom. The second kappa shape index (κ2) is 8.23. The highest BCUT2D eigenvalue weighted by molar-refractivity contribution is 5.72. The molecule has 0 saturated carbocycles. The van der Waals surface area contributed by atoms with Crippen LogP contribution in [0.25, 0.3) is 11.3 Å². The molecule has 1 spiro atoms. The molecule has 0 unspecified atom stereocenters. The number of anilines is 1. The van der Waals surface area contributed by atoms with Gasteiger partial charge in [0.25, 0.3) is 0 Å². The lowest BCUT2D eigenvalue weighted by Gasteiger charge is -2.45. The van der Waals surface area contributed by atoms with Crippen molar-refractivity contribution < 1.29 is 0 Å². The summed E-state index contributed by atoms with van der Waals surface area (Å²) >= 11 is 0. The van der Waals surface area contributed by atoms with Gasteiger partial charge in [-0.05, 0) is 62.1 Å². The van der Waals surface area contributed by atoms with E-state index >= 15 is 0 Å². The van der Waals surface area contributed by atoms with Gasteiger partial charge < -0.3 is 5.32 Å². The van der Waals surface area contributed by atoms with Crippen LogP contribution in [0.5, 0.6) is 0 Å². The predicted molar refractivity (Wildman–Crippen MR) is 120 cm³/mol. The second-order valence-electron chi connectivity index (χ2n) is 7.98. The Bertz CT molecular complexity index is 988. The molecule has 4 rings (SSSR count). The Morgan fingerprint density at radius 3 is 2.83 bits per heavy atom. The fourth-order valence-electron chi connectivity index (χ4n) is 4.81. The van der Waals surface area contributed by atoms with Gasteiger partial charge >= 0.3 is 0 Å². The zero-order valence-electron chi connectivity index (χ0n) is 17.3. The highest BCUT2D eigenvalue weighted by Gasteiger charge is 2.41. The normalized spacial score (nSPS) is 18.3. The molecule has 1 fully saturated rings. The summed E-state index contributed by atoms with van der Waals surface area (Å²) in [6.45, 7) is 5.09. The molecule has 4 heteroatoms. The smallest absolute Gasteiger partial charge is 0.222 e. The van der Waals surface area contributed by atoms with Crippen LogP contribution in [0, 0.1) is 12.3 Å². The summed E-state index contributed by atoms with van der Waals surface area (Å²) in [7, 11) is 1.87. The molecule has 1 N–H and O–H groups in total. The highest BCUT2D eigenvalue weighted by atomic mass is 15.1. The minimum Gasteiger partial charge on any atom is -0.357 e. The number of piperidine rings is 1. The first-order valence-electron chi connectivity index (χ1n) is 10.3. The van der Waals surface area contributed by atoms with Gasteiger partial charge in [-0.15, -0.1) is 6.42 Å². The molecule has 2 heterocycles. The largest absolute Gasteiger partial charge is 0.357 e. The summed E-state index contributed by atoms with van der Waals surface area (Å²) in [6, 6.07) is 8.80. The number of nitrogens with one attached hydrogen (secondary N) is 1. The zero-order valence-corrected chi connectivity index (χ0v) is 17.3. The molecular weight excluding hydrogens is 356 g/mol. The number of aromatic nitrogens is 2. The fourth-order valence-corrected chi connectivity index (χ4v) is 4.81. The van der Waals surface area contributed by atoms with E-state index in [4.69, 9.17) is 11.4 Å². The zero-order chi connectivity index (χ0) is 20.3. The number of fused-ring (bicyclic) bond motifs is 4. The lowest BCUT2D eigenvalue weighted by atomic mass is 9.64. The van der Waals surface area contributed by atoms with E-state index in [1.54, 1.807) is 0 Å². The van der Waals surface area contributed by atoms with Crippen molar-refractivity contribution in [1.29, 1.82) is 0 Å². The maximum absolute atomic E-state index is 5.50. The van der Waals surface area contributed by atoms with Crippen molar-refractivity contribution in [2.24, 2.45) is 0 Å². The number of nitrogens with zero attached hydrogens (tertiary/aromatic N) is 3. The van der Waals surface area contributed by atoms with Gasteiger partial charge in [-0.2, -0.15) is 0 Å². The molecule has 2 aromatic rings. The number of benzene rings is 1. The number of rotatable bonds is 4. The molecule has 1 aliphatic heterocycles. The van der Waals surface area contributed by atoms with E-state index in [-0.39, 0.29) is 5.41 Å². The second-order valence-corrected chi connectivity index (χ2v) is 7.98. The van der Waals surface area contributed by atoms with Crippen LogP contribution in [0.3, 0.4) is 0 Å². The van der Waals surface area contributed by atoms with Crippen LogP contribution in [-0.2, 0) is 11.8 Å². The Labute approximate surface area is 173 Å². The van der Waals surface area contributed by atoms with Crippen LogP contribution in [0.1, 0.15) is 30.9 Å². The van der Waals surface area contributed by atoms with Gasteiger partial charge in [0.05, 0.1) is 5.69 Å². The van der Waals surface area contributed by atoms with E-state index in [9.17, 15) is 0 Å². The summed E-state index contributed by atoms with van der Waals surface area (Å²) < 4.78 is 0. The van der Waals surface area contributed by atoms with Crippen LogP contribution in [0.2, 0.25) is 0 Å². The van der Waals surface area contributed by atoms with Crippen LogP contribution in [0.4, 0.5) is 5.95 Å². The number of hydrogen-bond acceptors (Lipinski definition) is 4. The van der Waals surface area contributed by atoms with Crippen LogP contribution in [-0.4, -0.2) is 41.5 Å². The molecule has 0 atom stereocenters. The Hall–Kier alpha value is -2.90. The van der Waals surface area contributed by atoms with Gasteiger partial charge in [-0.1, -0.05) is 42.3 Å². The summed E-state index contributed by atoms with van der Waals surface area (Å²) in [4.78, 5) is 11.8. The molecule has 0 amide bonds. The van der Waals surface area contributed by atoms with Crippen molar-refractivity contribution in [3.8, 4) is 23.6 Å². The molecule has 1 aromatic heterocycles. The quantitative estimate of drug-likeness (QED) is 0.633. The van der Waals surface area contributed by atoms with E-state index in [0.717, 1.165) is 44.6 Å². The van der Waals surface area contributed by atoms with Crippen molar-refractivity contribution in [3.63, 3.8) is 0 Å². The van der Waals surface area contributed by atoms with Crippen molar-refractivity contribution in [3.05, 3.63) is 65.4 Å². The average Bonchev–Trinajstić information content (AvgIpc) is 2.76. The Balaban J connectivity index is 1.60. The van der Waals surface area contributed by atoms with Crippen molar-refractivity contribution in [2.45, 2.75) is 31.6 Å². The van der Waals surface area contributed by atoms with E-state index in [1.807, 2.05) is 26.2 Å². The SMILES string of the molecule is C#C/C=C(\C=C/C)CN1CCC2(CC1)Cc1cnc(NC)nc1-c1ccccc12. The summed E-state index contributed by atoms with van der Waals surface area (Å²) in [5.41, 5.74) is 6.43. The van der Waals surface area contributed by atoms with Gasteiger partial charge in [-0.25, -0.2) is 9.97 Å². The molecule has 2 aliphatic rings. The van der Waals surface area contributed by atoms with E-state index in [1.165, 1.54) is 22.3 Å². The summed E-state index contributed by atoms with van der Waals surface area (Å²) in [5.74, 6) is 3.36. The fraction of sp³-hybridized carbons (Fsp3) is 0.360. The van der Waals surface area contributed by atoms with Crippen molar-refractivity contribution in [1.82, 2.24) is 14.9 Å². The van der Waals surface area contributed by atoms with Crippen molar-refractivity contribution in [2.75, 3.05) is 32.0 Å². The van der Waals surface area contributed by atoms with E-state index < -0.39 is 0 Å². The first-order valence-corrected chi connectivity index (χ1v) is 10.3. The number of hydrogen-bond donors (Lipinski definition) is 1. The third kappa shape index (κ3) is 3.71. The molecule has 29 heavy (non-hydrogen) atoms. The summed E-state index contributed by atoms with van der Waals surface area (Å²) in [5, 5.41) is 3.07.